The topological polar surface area (TPSA) is 10.4 Å². The Morgan fingerprint density at radius 2 is 1.63 bits per heavy atom. The minimum absolute atomic E-state index is 0. The number of fused-ring (bicyclic) bond motifs is 2. The molecule has 1 aliphatic heterocycles. The zero-order valence-corrected chi connectivity index (χ0v) is 26.9. The molecule has 0 amide bonds. The maximum atomic E-state index is 2.43. The first kappa shape index (κ1) is 28.8. The number of anilines is 2. The molecule has 0 spiro atoms. The van der Waals surface area contributed by atoms with Gasteiger partial charge >= 0.3 is 0 Å². The van der Waals surface area contributed by atoms with Gasteiger partial charge in [-0.1, -0.05) is 60.3 Å². The summed E-state index contributed by atoms with van der Waals surface area (Å²) >= 11 is 1.85. The summed E-state index contributed by atoms with van der Waals surface area (Å²) in [5.41, 5.74) is 4.92. The second-order valence-corrected chi connectivity index (χ2v) is 11.6. The molecule has 1 aromatic heterocycles. The van der Waals surface area contributed by atoms with Gasteiger partial charge in [0.2, 0.25) is 0 Å². The van der Waals surface area contributed by atoms with Crippen molar-refractivity contribution >= 4 is 40.2 Å². The monoisotopic (exact) mass is 599 g/mol. The van der Waals surface area contributed by atoms with Crippen LogP contribution in [0, 0.1) is 0 Å². The van der Waals surface area contributed by atoms with Crippen LogP contribution in [0.1, 0.15) is 18.9 Å². The van der Waals surface area contributed by atoms with Gasteiger partial charge in [0.15, 0.2) is 0 Å². The van der Waals surface area contributed by atoms with Crippen molar-refractivity contribution in [2.24, 2.45) is 0 Å². The van der Waals surface area contributed by atoms with Gasteiger partial charge in [-0.3, -0.25) is 4.90 Å². The van der Waals surface area contributed by atoms with Gasteiger partial charge in [-0.05, 0) is 48.9 Å². The largest absolute Gasteiger partial charge is 0.338 e. The number of hydrogen-bond acceptors (Lipinski definition) is 3. The predicted octanol–water partition coefficient (Wildman–Crippen LogP) is 6.58. The Bertz CT molecular complexity index is 1430. The molecule has 0 saturated carbocycles. The Hall–Kier alpha value is -2.18. The number of thioether (sulfide) groups is 1. The van der Waals surface area contributed by atoms with E-state index < -0.39 is 0 Å². The van der Waals surface area contributed by atoms with Crippen molar-refractivity contribution in [3.63, 3.8) is 0 Å². The third-order valence-corrected chi connectivity index (χ3v) is 8.70. The van der Waals surface area contributed by atoms with Crippen molar-refractivity contribution in [3.8, 4) is 5.69 Å². The number of benzene rings is 3. The third kappa shape index (κ3) is 6.02. The molecule has 0 N–H and O–H groups in total. The Morgan fingerprint density at radius 1 is 0.947 bits per heavy atom. The van der Waals surface area contributed by atoms with Crippen molar-refractivity contribution in [1.29, 1.82) is 0 Å². The molecule has 1 aliphatic rings. The van der Waals surface area contributed by atoms with E-state index in [0.29, 0.717) is 0 Å². The summed E-state index contributed by atoms with van der Waals surface area (Å²) in [6.45, 7) is 5.58. The molecule has 4 aromatic rings. The van der Waals surface area contributed by atoms with Gasteiger partial charge in [-0.2, -0.15) is 4.57 Å². The van der Waals surface area contributed by atoms with E-state index in [1.807, 2.05) is 11.8 Å². The fourth-order valence-electron chi connectivity index (χ4n) is 4.95. The van der Waals surface area contributed by atoms with E-state index in [-0.39, 0.29) is 32.7 Å². The maximum Gasteiger partial charge on any atom is 0.282 e. The molecule has 4 nitrogen and oxygen atoms in total. The first-order valence-electron chi connectivity index (χ1n) is 13.2. The van der Waals surface area contributed by atoms with Crippen LogP contribution in [0.3, 0.4) is 0 Å². The van der Waals surface area contributed by atoms with Crippen molar-refractivity contribution in [2.45, 2.75) is 18.2 Å². The van der Waals surface area contributed by atoms with E-state index in [1.54, 1.807) is 0 Å². The summed E-state index contributed by atoms with van der Waals surface area (Å²) in [4.78, 5) is 6.04. The molecular formula is C32H38N4SY+2. The molecule has 0 unspecified atom stereocenters. The summed E-state index contributed by atoms with van der Waals surface area (Å²) in [5, 5.41) is 2.50. The zero-order chi connectivity index (χ0) is 26.0. The smallest absolute Gasteiger partial charge is 0.282 e. The molecule has 3 aromatic carbocycles. The van der Waals surface area contributed by atoms with Gasteiger partial charge in [0, 0.05) is 62.5 Å². The van der Waals surface area contributed by atoms with E-state index in [4.69, 9.17) is 0 Å². The zero-order valence-electron chi connectivity index (χ0n) is 23.3. The minimum Gasteiger partial charge on any atom is -0.338 e. The van der Waals surface area contributed by atoms with Gasteiger partial charge < -0.3 is 9.38 Å². The van der Waals surface area contributed by atoms with Crippen LogP contribution >= 0.6 is 11.8 Å². The van der Waals surface area contributed by atoms with Crippen LogP contribution in [0.2, 0.25) is 0 Å². The first-order valence-corrected chi connectivity index (χ1v) is 14.0. The molecule has 0 atom stereocenters. The molecule has 193 valence electrons. The van der Waals surface area contributed by atoms with E-state index in [2.05, 4.69) is 140 Å². The van der Waals surface area contributed by atoms with E-state index in [0.717, 1.165) is 30.5 Å². The number of para-hydroxylation sites is 3. The van der Waals surface area contributed by atoms with Crippen LogP contribution < -0.4 is 14.4 Å². The Kier molecular flexibility index (Phi) is 9.36. The molecule has 5 rings (SSSR count). The molecule has 0 aliphatic carbocycles. The van der Waals surface area contributed by atoms with Crippen molar-refractivity contribution in [2.75, 3.05) is 57.6 Å². The second kappa shape index (κ2) is 12.3. The molecule has 38 heavy (non-hydrogen) atoms. The second-order valence-electron chi connectivity index (χ2n) is 10.5. The van der Waals surface area contributed by atoms with E-state index >= 15 is 0 Å². The predicted molar refractivity (Wildman–Crippen MR) is 160 cm³/mol. The molecule has 2 heterocycles. The number of quaternary nitrogens is 1. The van der Waals surface area contributed by atoms with Gasteiger partial charge in [0.25, 0.3) is 5.82 Å². The summed E-state index contributed by atoms with van der Waals surface area (Å²) in [6.07, 6.45) is 3.50. The number of pyridine rings is 1. The Labute approximate surface area is 257 Å². The number of hydrogen-bond donors (Lipinski definition) is 0. The quantitative estimate of drug-likeness (QED) is 0.168. The summed E-state index contributed by atoms with van der Waals surface area (Å²) in [5.74, 6) is 1.21. The van der Waals surface area contributed by atoms with Crippen LogP contribution in [-0.2, 0) is 32.7 Å². The molecular weight excluding hydrogens is 561 g/mol. The maximum absolute atomic E-state index is 2.43. The Balaban J connectivity index is 0.00000336. The SMILES string of the molecule is CC[N+](C)(C)CCCN(C)c1cc(C=C2Sc3ccccc3N2C)c2ccccc2[n+]1-c1ccccc1.[Y]. The normalized spacial score (nSPS) is 14.0. The van der Waals surface area contributed by atoms with E-state index in [9.17, 15) is 0 Å². The van der Waals surface area contributed by atoms with Crippen molar-refractivity contribution in [1.82, 2.24) is 0 Å². The average Bonchev–Trinajstić information content (AvgIpc) is 3.23. The van der Waals surface area contributed by atoms with E-state index in [1.165, 1.54) is 43.6 Å². The van der Waals surface area contributed by atoms with Gasteiger partial charge in [0.05, 0.1) is 51.5 Å². The third-order valence-electron chi connectivity index (χ3n) is 7.54. The molecule has 1 radical (unpaired) electrons. The summed E-state index contributed by atoms with van der Waals surface area (Å²) < 4.78 is 3.46. The Morgan fingerprint density at radius 3 is 2.37 bits per heavy atom. The van der Waals surface area contributed by atoms with Gasteiger partial charge in [-0.15, -0.1) is 0 Å². The average molecular weight is 600 g/mol. The summed E-state index contributed by atoms with van der Waals surface area (Å²) in [7, 11) is 9.04. The molecule has 0 fully saturated rings. The number of nitrogens with zero attached hydrogens (tertiary/aromatic N) is 4. The first-order chi connectivity index (χ1) is 17.9. The standard InChI is InChI=1S/C32H38N4S.Y/c1-6-36(4,5)22-14-21-33(2)31-23-25(24-32-34(3)29-19-12-13-20-30(29)37-32)27-17-10-11-18-28(27)35(31)26-15-8-7-9-16-26;/h7-13,15-20,23-24H,6,14,21-22H2,1-5H3;/q+2;. The molecule has 0 saturated heterocycles. The van der Waals surface area contributed by atoms with Crippen LogP contribution in [0.5, 0.6) is 0 Å². The fourth-order valence-corrected chi connectivity index (χ4v) is 6.06. The van der Waals surface area contributed by atoms with Gasteiger partial charge in [-0.25, -0.2) is 0 Å². The van der Waals surface area contributed by atoms with Crippen LogP contribution in [-0.4, -0.2) is 52.3 Å². The van der Waals surface area contributed by atoms with Crippen molar-refractivity contribution < 1.29 is 41.8 Å². The minimum atomic E-state index is 0. The number of rotatable bonds is 8. The summed E-state index contributed by atoms with van der Waals surface area (Å²) in [6, 6.07) is 30.6. The molecule has 0 bridgehead atoms. The van der Waals surface area contributed by atoms with Crippen LogP contribution in [0.25, 0.3) is 22.7 Å². The fraction of sp³-hybridized carbons (Fsp3) is 0.281. The molecule has 6 heteroatoms. The number of aromatic nitrogens is 1. The van der Waals surface area contributed by atoms with Crippen molar-refractivity contribution in [3.05, 3.63) is 95.5 Å². The van der Waals surface area contributed by atoms with Crippen LogP contribution in [0.15, 0.2) is 94.9 Å². The van der Waals surface area contributed by atoms with Crippen LogP contribution in [0.4, 0.5) is 11.5 Å². The van der Waals surface area contributed by atoms with Gasteiger partial charge in [0.1, 0.15) is 11.2 Å².